The van der Waals surface area contributed by atoms with E-state index in [0.717, 1.165) is 38.8 Å². The first-order valence-electron chi connectivity index (χ1n) is 7.38. The lowest BCUT2D eigenvalue weighted by Gasteiger charge is -2.47. The van der Waals surface area contributed by atoms with Crippen molar-refractivity contribution < 1.29 is 14.7 Å². The molecule has 0 atom stereocenters. The molecule has 0 radical (unpaired) electrons. The smallest absolute Gasteiger partial charge is 0.319 e. The average Bonchev–Trinajstić information content (AvgIpc) is 2.92. The molecule has 20 heavy (non-hydrogen) atoms. The second-order valence-corrected chi connectivity index (χ2v) is 6.15. The third-order valence-electron chi connectivity index (χ3n) is 4.60. The lowest BCUT2D eigenvalue weighted by Crippen LogP contribution is -2.57. The number of likely N-dealkylation sites (tertiary alicyclic amines) is 2. The summed E-state index contributed by atoms with van der Waals surface area (Å²) < 4.78 is 0. The molecule has 2 rings (SSSR count). The maximum Gasteiger partial charge on any atom is 0.319 e. The van der Waals surface area contributed by atoms with E-state index in [2.05, 4.69) is 4.90 Å². The molecule has 2 fully saturated rings. The van der Waals surface area contributed by atoms with Gasteiger partial charge in [0.25, 0.3) is 0 Å². The highest BCUT2D eigenvalue weighted by Gasteiger charge is 2.43. The van der Waals surface area contributed by atoms with Crippen molar-refractivity contribution >= 4 is 12.0 Å². The molecule has 0 aromatic rings. The van der Waals surface area contributed by atoms with E-state index in [4.69, 9.17) is 0 Å². The van der Waals surface area contributed by atoms with Crippen molar-refractivity contribution in [3.05, 3.63) is 0 Å². The molecule has 1 N–H and O–H groups in total. The van der Waals surface area contributed by atoms with Crippen molar-refractivity contribution in [3.8, 4) is 0 Å². The van der Waals surface area contributed by atoms with Gasteiger partial charge in [0.05, 0.1) is 6.42 Å². The minimum atomic E-state index is -0.732. The predicted octanol–water partition coefficient (Wildman–Crippen LogP) is 1.07. The van der Waals surface area contributed by atoms with Gasteiger partial charge >= 0.3 is 12.0 Å². The van der Waals surface area contributed by atoms with E-state index in [9.17, 15) is 14.7 Å². The fraction of sp³-hybridized carbons (Fsp3) is 0.857. The number of amides is 2. The van der Waals surface area contributed by atoms with Gasteiger partial charge in [0.15, 0.2) is 0 Å². The molecule has 2 amide bonds. The SMILES string of the molecule is CN(C)C(=O)N1CCC(CC(=O)O)(N2CCCC2)CC1. The molecule has 2 heterocycles. The van der Waals surface area contributed by atoms with E-state index in [1.54, 1.807) is 19.0 Å². The van der Waals surface area contributed by atoms with Gasteiger partial charge in [-0.3, -0.25) is 9.69 Å². The van der Waals surface area contributed by atoms with Crippen molar-refractivity contribution in [1.29, 1.82) is 0 Å². The monoisotopic (exact) mass is 283 g/mol. The molecule has 114 valence electrons. The van der Waals surface area contributed by atoms with Crippen LogP contribution in [-0.2, 0) is 4.79 Å². The van der Waals surface area contributed by atoms with Gasteiger partial charge in [-0.2, -0.15) is 0 Å². The van der Waals surface area contributed by atoms with Gasteiger partial charge in [-0.25, -0.2) is 4.79 Å². The minimum absolute atomic E-state index is 0.0235. The van der Waals surface area contributed by atoms with Gasteiger partial charge in [0.2, 0.25) is 0 Å². The summed E-state index contributed by atoms with van der Waals surface area (Å²) in [4.78, 5) is 29.0. The highest BCUT2D eigenvalue weighted by atomic mass is 16.4. The van der Waals surface area contributed by atoms with Crippen LogP contribution in [0.4, 0.5) is 4.79 Å². The third kappa shape index (κ3) is 3.06. The summed E-state index contributed by atoms with van der Waals surface area (Å²) in [6.45, 7) is 3.30. The Labute approximate surface area is 120 Å². The van der Waals surface area contributed by atoms with E-state index >= 15 is 0 Å². The zero-order valence-corrected chi connectivity index (χ0v) is 12.5. The summed E-state index contributed by atoms with van der Waals surface area (Å²) in [5, 5.41) is 9.24. The number of carbonyl (C=O) groups is 2. The predicted molar refractivity (Wildman–Crippen MR) is 75.7 cm³/mol. The van der Waals surface area contributed by atoms with Crippen LogP contribution in [0.25, 0.3) is 0 Å². The molecule has 2 aliphatic heterocycles. The fourth-order valence-electron chi connectivity index (χ4n) is 3.47. The second kappa shape index (κ2) is 5.99. The first-order valence-corrected chi connectivity index (χ1v) is 7.38. The topological polar surface area (TPSA) is 64.1 Å². The van der Waals surface area contributed by atoms with Gasteiger partial charge in [-0.1, -0.05) is 0 Å². The molecular formula is C14H25N3O3. The largest absolute Gasteiger partial charge is 0.481 e. The molecule has 0 unspecified atom stereocenters. The molecule has 0 saturated carbocycles. The molecule has 6 nitrogen and oxygen atoms in total. The highest BCUT2D eigenvalue weighted by molar-refractivity contribution is 5.74. The number of carboxylic acid groups (broad SMARTS) is 1. The van der Waals surface area contributed by atoms with Crippen LogP contribution in [0.3, 0.4) is 0 Å². The maximum atomic E-state index is 12.0. The molecule has 0 aromatic heterocycles. The Kier molecular flexibility index (Phi) is 4.52. The summed E-state index contributed by atoms with van der Waals surface area (Å²) in [6, 6.07) is 0.0235. The van der Waals surface area contributed by atoms with E-state index in [1.165, 1.54) is 0 Å². The van der Waals surface area contributed by atoms with Crippen molar-refractivity contribution in [2.24, 2.45) is 0 Å². The van der Waals surface area contributed by atoms with Crippen molar-refractivity contribution in [3.63, 3.8) is 0 Å². The minimum Gasteiger partial charge on any atom is -0.481 e. The number of urea groups is 1. The van der Waals surface area contributed by atoms with Gasteiger partial charge in [-0.05, 0) is 38.8 Å². The van der Waals surface area contributed by atoms with Crippen LogP contribution in [0.1, 0.15) is 32.1 Å². The average molecular weight is 283 g/mol. The van der Waals surface area contributed by atoms with Crippen LogP contribution in [0.5, 0.6) is 0 Å². The summed E-state index contributed by atoms with van der Waals surface area (Å²) >= 11 is 0. The normalized spacial score (nSPS) is 22.8. The molecule has 0 aromatic carbocycles. The molecule has 2 aliphatic rings. The summed E-state index contributed by atoms with van der Waals surface area (Å²) in [7, 11) is 3.50. The van der Waals surface area contributed by atoms with E-state index in [0.29, 0.717) is 13.1 Å². The summed E-state index contributed by atoms with van der Waals surface area (Å²) in [6.07, 6.45) is 4.03. The lowest BCUT2D eigenvalue weighted by molar-refractivity contribution is -0.141. The van der Waals surface area contributed by atoms with Crippen LogP contribution in [0.15, 0.2) is 0 Å². The standard InChI is InChI=1S/C14H25N3O3/c1-15(2)13(20)16-9-5-14(6-10-16,11-12(18)19)17-7-3-4-8-17/h3-11H2,1-2H3,(H,18,19). The zero-order valence-electron chi connectivity index (χ0n) is 12.5. The Hall–Kier alpha value is -1.30. The van der Waals surface area contributed by atoms with E-state index in [-0.39, 0.29) is 18.0 Å². The molecule has 2 saturated heterocycles. The van der Waals surface area contributed by atoms with Crippen LogP contribution in [-0.4, -0.2) is 77.6 Å². The number of hydrogen-bond donors (Lipinski definition) is 1. The molecular weight excluding hydrogens is 258 g/mol. The van der Waals surface area contributed by atoms with Crippen LogP contribution in [0.2, 0.25) is 0 Å². The number of carboxylic acids is 1. The van der Waals surface area contributed by atoms with Crippen LogP contribution < -0.4 is 0 Å². The second-order valence-electron chi connectivity index (χ2n) is 6.15. The Balaban J connectivity index is 2.04. The van der Waals surface area contributed by atoms with Gasteiger partial charge < -0.3 is 14.9 Å². The van der Waals surface area contributed by atoms with E-state index < -0.39 is 5.97 Å². The first-order chi connectivity index (χ1) is 9.44. The van der Waals surface area contributed by atoms with Crippen molar-refractivity contribution in [1.82, 2.24) is 14.7 Å². The van der Waals surface area contributed by atoms with Crippen LogP contribution >= 0.6 is 0 Å². The molecule has 0 bridgehead atoms. The number of hydrogen-bond acceptors (Lipinski definition) is 3. The lowest BCUT2D eigenvalue weighted by atomic mass is 9.82. The number of aliphatic carboxylic acids is 1. The summed E-state index contributed by atoms with van der Waals surface area (Å²) in [5.41, 5.74) is -0.245. The summed E-state index contributed by atoms with van der Waals surface area (Å²) in [5.74, 6) is -0.732. The van der Waals surface area contributed by atoms with E-state index in [1.807, 2.05) is 4.90 Å². The fourth-order valence-corrected chi connectivity index (χ4v) is 3.47. The van der Waals surface area contributed by atoms with Crippen LogP contribution in [0, 0.1) is 0 Å². The number of rotatable bonds is 3. The number of carbonyl (C=O) groups excluding carboxylic acids is 1. The van der Waals surface area contributed by atoms with Gasteiger partial charge in [0.1, 0.15) is 0 Å². The highest BCUT2D eigenvalue weighted by Crippen LogP contribution is 2.35. The Morgan fingerprint density at radius 2 is 1.65 bits per heavy atom. The van der Waals surface area contributed by atoms with Crippen molar-refractivity contribution in [2.75, 3.05) is 40.3 Å². The maximum absolute atomic E-state index is 12.0. The molecule has 6 heteroatoms. The number of nitrogens with zero attached hydrogens (tertiary/aromatic N) is 3. The van der Waals surface area contributed by atoms with Gasteiger partial charge in [0, 0.05) is 32.7 Å². The molecule has 0 spiro atoms. The quantitative estimate of drug-likeness (QED) is 0.841. The Morgan fingerprint density at radius 1 is 1.10 bits per heavy atom. The van der Waals surface area contributed by atoms with Gasteiger partial charge in [-0.15, -0.1) is 0 Å². The zero-order chi connectivity index (χ0) is 14.8. The third-order valence-corrected chi connectivity index (χ3v) is 4.60. The Morgan fingerprint density at radius 3 is 2.10 bits per heavy atom. The molecule has 0 aliphatic carbocycles. The first kappa shape index (κ1) is 15.1. The number of piperidine rings is 1. The van der Waals surface area contributed by atoms with Crippen molar-refractivity contribution in [2.45, 2.75) is 37.6 Å². The Bertz CT molecular complexity index is 370.